The van der Waals surface area contributed by atoms with Crippen LogP contribution in [0.3, 0.4) is 0 Å². The molecule has 20 heavy (non-hydrogen) atoms. The van der Waals surface area contributed by atoms with Crippen molar-refractivity contribution in [3.8, 4) is 0 Å². The Hall–Kier alpha value is -1.13. The number of hydrogen-bond acceptors (Lipinski definition) is 3. The molecule has 1 aliphatic carbocycles. The Labute approximate surface area is 125 Å². The van der Waals surface area contributed by atoms with Crippen LogP contribution in [-0.4, -0.2) is 16.8 Å². The Morgan fingerprint density at radius 2 is 2.15 bits per heavy atom. The number of rotatable bonds is 4. The largest absolute Gasteiger partial charge is 0.312 e. The molecule has 1 aliphatic rings. The molecule has 3 rings (SSSR count). The van der Waals surface area contributed by atoms with Gasteiger partial charge in [-0.3, -0.25) is 4.68 Å². The first kappa shape index (κ1) is 13.8. The van der Waals surface area contributed by atoms with Crippen LogP contribution in [0.25, 0.3) is 0 Å². The molecule has 0 spiro atoms. The van der Waals surface area contributed by atoms with Crippen molar-refractivity contribution in [2.45, 2.75) is 45.1 Å². The van der Waals surface area contributed by atoms with Crippen LogP contribution in [0, 0.1) is 6.92 Å². The zero-order valence-electron chi connectivity index (χ0n) is 12.6. The predicted molar refractivity (Wildman–Crippen MR) is 84.4 cm³/mol. The second kappa shape index (κ2) is 5.70. The summed E-state index contributed by atoms with van der Waals surface area (Å²) in [5.41, 5.74) is 3.99. The molecule has 108 valence electrons. The van der Waals surface area contributed by atoms with E-state index in [1.54, 1.807) is 10.4 Å². The SMILES string of the molecule is CNC(Cc1cc(C)nn1C)c1cc2c(s1)CCCC2. The molecule has 0 fully saturated rings. The van der Waals surface area contributed by atoms with Crippen molar-refractivity contribution >= 4 is 11.3 Å². The number of aryl methyl sites for hydroxylation is 4. The normalized spacial score (nSPS) is 16.1. The van der Waals surface area contributed by atoms with Gasteiger partial charge in [-0.15, -0.1) is 11.3 Å². The lowest BCUT2D eigenvalue weighted by Gasteiger charge is -2.14. The Morgan fingerprint density at radius 3 is 2.80 bits per heavy atom. The van der Waals surface area contributed by atoms with E-state index in [4.69, 9.17) is 0 Å². The first-order chi connectivity index (χ1) is 9.67. The molecule has 2 aromatic heterocycles. The monoisotopic (exact) mass is 289 g/mol. The third-order valence-corrected chi connectivity index (χ3v) is 5.57. The molecule has 1 unspecified atom stereocenters. The van der Waals surface area contributed by atoms with Gasteiger partial charge in [0.2, 0.25) is 0 Å². The van der Waals surface area contributed by atoms with E-state index in [0.717, 1.165) is 12.1 Å². The standard InChI is InChI=1S/C16H23N3S/c1-11-8-13(19(3)18-11)10-14(17-2)16-9-12-6-4-5-7-15(12)20-16/h8-9,14,17H,4-7,10H2,1-3H3. The molecule has 1 atom stereocenters. The summed E-state index contributed by atoms with van der Waals surface area (Å²) in [5.74, 6) is 0. The second-order valence-corrected chi connectivity index (χ2v) is 6.92. The van der Waals surface area contributed by atoms with Crippen LogP contribution in [0.2, 0.25) is 0 Å². The number of likely N-dealkylation sites (N-methyl/N-ethyl adjacent to an activating group) is 1. The highest BCUT2D eigenvalue weighted by atomic mass is 32.1. The van der Waals surface area contributed by atoms with Gasteiger partial charge in [0.15, 0.2) is 0 Å². The van der Waals surface area contributed by atoms with E-state index in [1.165, 1.54) is 36.3 Å². The lowest BCUT2D eigenvalue weighted by molar-refractivity contribution is 0.568. The smallest absolute Gasteiger partial charge is 0.0596 e. The van der Waals surface area contributed by atoms with Gasteiger partial charge >= 0.3 is 0 Å². The van der Waals surface area contributed by atoms with Gasteiger partial charge in [0.05, 0.1) is 5.69 Å². The average Bonchev–Trinajstić information content (AvgIpc) is 2.99. The van der Waals surface area contributed by atoms with Gasteiger partial charge < -0.3 is 5.32 Å². The summed E-state index contributed by atoms with van der Waals surface area (Å²) >= 11 is 2.01. The van der Waals surface area contributed by atoms with Crippen LogP contribution >= 0.6 is 11.3 Å². The Kier molecular flexibility index (Phi) is 3.94. The van der Waals surface area contributed by atoms with Crippen molar-refractivity contribution in [2.75, 3.05) is 7.05 Å². The van der Waals surface area contributed by atoms with Crippen molar-refractivity contribution in [1.29, 1.82) is 0 Å². The van der Waals surface area contributed by atoms with Crippen molar-refractivity contribution in [1.82, 2.24) is 15.1 Å². The fraction of sp³-hybridized carbons (Fsp3) is 0.562. The molecule has 0 aliphatic heterocycles. The molecule has 2 aromatic rings. The first-order valence-corrected chi connectivity index (χ1v) is 8.27. The highest BCUT2D eigenvalue weighted by Crippen LogP contribution is 2.33. The Balaban J connectivity index is 1.82. The maximum atomic E-state index is 4.45. The van der Waals surface area contributed by atoms with Gasteiger partial charge in [-0.2, -0.15) is 5.10 Å². The number of aromatic nitrogens is 2. The van der Waals surface area contributed by atoms with Gasteiger partial charge in [0.25, 0.3) is 0 Å². The van der Waals surface area contributed by atoms with Gasteiger partial charge in [-0.25, -0.2) is 0 Å². The van der Waals surface area contributed by atoms with Crippen LogP contribution in [0.15, 0.2) is 12.1 Å². The summed E-state index contributed by atoms with van der Waals surface area (Å²) in [6.45, 7) is 2.06. The van der Waals surface area contributed by atoms with Gasteiger partial charge in [-0.1, -0.05) is 0 Å². The van der Waals surface area contributed by atoms with Crippen molar-refractivity contribution in [2.24, 2.45) is 7.05 Å². The fourth-order valence-electron chi connectivity index (χ4n) is 3.09. The molecular formula is C16H23N3S. The minimum absolute atomic E-state index is 0.403. The van der Waals surface area contributed by atoms with Crippen molar-refractivity contribution < 1.29 is 0 Å². The molecule has 0 bridgehead atoms. The molecule has 2 heterocycles. The van der Waals surface area contributed by atoms with Crippen LogP contribution in [0.1, 0.15) is 45.6 Å². The van der Waals surface area contributed by atoms with Crippen LogP contribution in [0.5, 0.6) is 0 Å². The summed E-state index contributed by atoms with van der Waals surface area (Å²) in [7, 11) is 4.10. The molecule has 3 nitrogen and oxygen atoms in total. The van der Waals surface area contributed by atoms with Crippen LogP contribution in [-0.2, 0) is 26.3 Å². The van der Waals surface area contributed by atoms with Crippen LogP contribution < -0.4 is 5.32 Å². The highest BCUT2D eigenvalue weighted by molar-refractivity contribution is 7.12. The maximum absolute atomic E-state index is 4.45. The quantitative estimate of drug-likeness (QED) is 0.937. The van der Waals surface area contributed by atoms with Gasteiger partial charge in [-0.05, 0) is 57.4 Å². The molecule has 0 saturated carbocycles. The Bertz CT molecular complexity index is 573. The summed E-state index contributed by atoms with van der Waals surface area (Å²) in [6, 6.07) is 5.03. The third kappa shape index (κ3) is 2.67. The Morgan fingerprint density at radius 1 is 1.35 bits per heavy atom. The van der Waals surface area contributed by atoms with Crippen molar-refractivity contribution in [3.05, 3.63) is 38.8 Å². The minimum Gasteiger partial charge on any atom is -0.312 e. The van der Waals surface area contributed by atoms with Gasteiger partial charge in [0, 0.05) is 35.0 Å². The first-order valence-electron chi connectivity index (χ1n) is 7.45. The summed E-state index contributed by atoms with van der Waals surface area (Å²) < 4.78 is 2.01. The highest BCUT2D eigenvalue weighted by Gasteiger charge is 2.19. The molecule has 0 aromatic carbocycles. The molecule has 0 amide bonds. The van der Waals surface area contributed by atoms with E-state index in [-0.39, 0.29) is 0 Å². The minimum atomic E-state index is 0.403. The van der Waals surface area contributed by atoms with E-state index in [0.29, 0.717) is 6.04 Å². The zero-order valence-corrected chi connectivity index (χ0v) is 13.4. The molecule has 0 radical (unpaired) electrons. The van der Waals surface area contributed by atoms with E-state index in [1.807, 2.05) is 23.1 Å². The lowest BCUT2D eigenvalue weighted by atomic mass is 9.98. The van der Waals surface area contributed by atoms with E-state index in [9.17, 15) is 0 Å². The molecule has 4 heteroatoms. The number of nitrogens with one attached hydrogen (secondary N) is 1. The van der Waals surface area contributed by atoms with Crippen molar-refractivity contribution in [3.63, 3.8) is 0 Å². The summed E-state index contributed by atoms with van der Waals surface area (Å²) in [4.78, 5) is 3.10. The molecular weight excluding hydrogens is 266 g/mol. The van der Waals surface area contributed by atoms with E-state index >= 15 is 0 Å². The van der Waals surface area contributed by atoms with Gasteiger partial charge in [0.1, 0.15) is 0 Å². The fourth-order valence-corrected chi connectivity index (χ4v) is 4.46. The molecule has 0 saturated heterocycles. The lowest BCUT2D eigenvalue weighted by Crippen LogP contribution is -2.19. The maximum Gasteiger partial charge on any atom is 0.0596 e. The number of hydrogen-bond donors (Lipinski definition) is 1. The summed E-state index contributed by atoms with van der Waals surface area (Å²) in [5, 5.41) is 7.93. The number of fused-ring (bicyclic) bond motifs is 1. The average molecular weight is 289 g/mol. The number of thiophene rings is 1. The molecule has 1 N–H and O–H groups in total. The van der Waals surface area contributed by atoms with Crippen LogP contribution in [0.4, 0.5) is 0 Å². The van der Waals surface area contributed by atoms with E-state index in [2.05, 4.69) is 36.5 Å². The van der Waals surface area contributed by atoms with E-state index < -0.39 is 0 Å². The third-order valence-electron chi connectivity index (χ3n) is 4.22. The second-order valence-electron chi connectivity index (χ2n) is 5.75. The summed E-state index contributed by atoms with van der Waals surface area (Å²) in [6.07, 6.45) is 6.27. The topological polar surface area (TPSA) is 29.9 Å². The number of nitrogens with zero attached hydrogens (tertiary/aromatic N) is 2. The zero-order chi connectivity index (χ0) is 14.1. The predicted octanol–water partition coefficient (Wildman–Crippen LogP) is 3.17.